The van der Waals surface area contributed by atoms with Gasteiger partial charge >= 0.3 is 0 Å². The monoisotopic (exact) mass is 371 g/mol. The number of thioether (sulfide) groups is 1. The Balaban J connectivity index is 1.41. The van der Waals surface area contributed by atoms with Gasteiger partial charge in [0.15, 0.2) is 5.82 Å². The molecule has 3 aromatic rings. The number of nitrogens with zero attached hydrogens (tertiary/aromatic N) is 3. The first kappa shape index (κ1) is 18.1. The van der Waals surface area contributed by atoms with E-state index in [1.807, 2.05) is 24.3 Å². The number of amides is 1. The fourth-order valence-corrected chi connectivity index (χ4v) is 3.21. The SMILES string of the molecule is Nn1c(CCc2ccccc2)nnc1SCCC(=O)NCc1ccco1. The van der Waals surface area contributed by atoms with E-state index in [1.165, 1.54) is 22.0 Å². The predicted molar refractivity (Wildman–Crippen MR) is 99.9 cm³/mol. The zero-order chi connectivity index (χ0) is 18.2. The maximum Gasteiger partial charge on any atom is 0.221 e. The molecule has 0 fully saturated rings. The van der Waals surface area contributed by atoms with Gasteiger partial charge in [-0.25, -0.2) is 4.68 Å². The van der Waals surface area contributed by atoms with E-state index in [0.29, 0.717) is 23.9 Å². The van der Waals surface area contributed by atoms with Gasteiger partial charge in [0.1, 0.15) is 5.76 Å². The van der Waals surface area contributed by atoms with E-state index >= 15 is 0 Å². The summed E-state index contributed by atoms with van der Waals surface area (Å²) in [6.07, 6.45) is 3.53. The van der Waals surface area contributed by atoms with E-state index in [4.69, 9.17) is 10.3 Å². The highest BCUT2D eigenvalue weighted by Gasteiger charge is 2.11. The van der Waals surface area contributed by atoms with Gasteiger partial charge in [-0.3, -0.25) is 4.79 Å². The van der Waals surface area contributed by atoms with Crippen LogP contribution >= 0.6 is 11.8 Å². The van der Waals surface area contributed by atoms with Crippen molar-refractivity contribution in [3.63, 3.8) is 0 Å². The molecule has 2 heterocycles. The summed E-state index contributed by atoms with van der Waals surface area (Å²) in [5.41, 5.74) is 1.23. The number of benzene rings is 1. The van der Waals surface area contributed by atoms with Crippen LogP contribution in [0.4, 0.5) is 0 Å². The summed E-state index contributed by atoms with van der Waals surface area (Å²) < 4.78 is 6.68. The minimum Gasteiger partial charge on any atom is -0.467 e. The largest absolute Gasteiger partial charge is 0.467 e. The third-order valence-corrected chi connectivity index (χ3v) is 4.76. The predicted octanol–water partition coefficient (Wildman–Crippen LogP) is 2.17. The van der Waals surface area contributed by atoms with Crippen molar-refractivity contribution in [1.29, 1.82) is 0 Å². The van der Waals surface area contributed by atoms with Crippen LogP contribution < -0.4 is 11.2 Å². The number of furan rings is 1. The normalized spacial score (nSPS) is 10.8. The Kier molecular flexibility index (Phi) is 6.32. The highest BCUT2D eigenvalue weighted by molar-refractivity contribution is 7.99. The van der Waals surface area contributed by atoms with Crippen molar-refractivity contribution in [2.45, 2.75) is 31.0 Å². The zero-order valence-electron chi connectivity index (χ0n) is 14.3. The van der Waals surface area contributed by atoms with Gasteiger partial charge in [0.2, 0.25) is 11.1 Å². The second-order valence-electron chi connectivity index (χ2n) is 5.71. The second kappa shape index (κ2) is 9.10. The Labute approximate surface area is 156 Å². The quantitative estimate of drug-likeness (QED) is 0.442. The fraction of sp³-hybridized carbons (Fsp3) is 0.278. The Hall–Kier alpha value is -2.74. The molecule has 0 aliphatic carbocycles. The van der Waals surface area contributed by atoms with Gasteiger partial charge in [-0.15, -0.1) is 10.2 Å². The van der Waals surface area contributed by atoms with Gasteiger partial charge in [-0.2, -0.15) is 0 Å². The van der Waals surface area contributed by atoms with Gasteiger partial charge in [-0.1, -0.05) is 42.1 Å². The first-order chi connectivity index (χ1) is 12.7. The van der Waals surface area contributed by atoms with Crippen molar-refractivity contribution in [1.82, 2.24) is 20.2 Å². The van der Waals surface area contributed by atoms with E-state index in [1.54, 1.807) is 12.3 Å². The van der Waals surface area contributed by atoms with Gasteiger partial charge in [-0.05, 0) is 24.1 Å². The zero-order valence-corrected chi connectivity index (χ0v) is 15.1. The van der Waals surface area contributed by atoms with Crippen LogP contribution in [0.3, 0.4) is 0 Å². The van der Waals surface area contributed by atoms with E-state index < -0.39 is 0 Å². The molecule has 0 aliphatic rings. The van der Waals surface area contributed by atoms with Crippen molar-refractivity contribution < 1.29 is 9.21 Å². The molecule has 0 saturated carbocycles. The lowest BCUT2D eigenvalue weighted by Gasteiger charge is -2.05. The van der Waals surface area contributed by atoms with Gasteiger partial charge in [0.05, 0.1) is 12.8 Å². The second-order valence-corrected chi connectivity index (χ2v) is 6.77. The summed E-state index contributed by atoms with van der Waals surface area (Å²) in [6.45, 7) is 0.396. The molecule has 0 bridgehead atoms. The van der Waals surface area contributed by atoms with Gasteiger partial charge in [0, 0.05) is 18.6 Å². The van der Waals surface area contributed by atoms with Gasteiger partial charge < -0.3 is 15.6 Å². The molecular weight excluding hydrogens is 350 g/mol. The van der Waals surface area contributed by atoms with Crippen LogP contribution in [0.25, 0.3) is 0 Å². The average molecular weight is 371 g/mol. The Morgan fingerprint density at radius 2 is 2.00 bits per heavy atom. The molecule has 7 nitrogen and oxygen atoms in total. The molecule has 0 atom stereocenters. The molecule has 0 unspecified atom stereocenters. The molecule has 136 valence electrons. The first-order valence-electron chi connectivity index (χ1n) is 8.37. The molecule has 0 radical (unpaired) electrons. The molecule has 0 spiro atoms. The number of carbonyl (C=O) groups is 1. The molecular formula is C18H21N5O2S. The molecule has 0 saturated heterocycles. The van der Waals surface area contributed by atoms with E-state index in [0.717, 1.165) is 24.4 Å². The summed E-state index contributed by atoms with van der Waals surface area (Å²) in [5, 5.41) is 11.7. The summed E-state index contributed by atoms with van der Waals surface area (Å²) >= 11 is 1.42. The number of nitrogen functional groups attached to an aromatic ring is 1. The van der Waals surface area contributed by atoms with Crippen molar-refractivity contribution in [3.05, 3.63) is 65.9 Å². The van der Waals surface area contributed by atoms with E-state index in [2.05, 4.69) is 27.6 Å². The number of carbonyl (C=O) groups excluding carboxylic acids is 1. The number of aromatic nitrogens is 3. The maximum absolute atomic E-state index is 11.8. The average Bonchev–Trinajstić information content (AvgIpc) is 3.30. The minimum atomic E-state index is -0.0405. The molecule has 2 aromatic heterocycles. The number of rotatable bonds is 9. The Bertz CT molecular complexity index is 817. The van der Waals surface area contributed by atoms with Crippen LogP contribution in [0.5, 0.6) is 0 Å². The smallest absolute Gasteiger partial charge is 0.221 e. The minimum absolute atomic E-state index is 0.0405. The standard InChI is InChI=1S/C18H21N5O2S/c19-23-16(9-8-14-5-2-1-3-6-14)21-22-18(23)26-12-10-17(24)20-13-15-7-4-11-25-15/h1-7,11H,8-10,12-13,19H2,(H,20,24). The lowest BCUT2D eigenvalue weighted by Crippen LogP contribution is -2.23. The van der Waals surface area contributed by atoms with Crippen molar-refractivity contribution in [2.75, 3.05) is 11.6 Å². The van der Waals surface area contributed by atoms with Crippen molar-refractivity contribution in [3.8, 4) is 0 Å². The summed E-state index contributed by atoms with van der Waals surface area (Å²) in [7, 11) is 0. The lowest BCUT2D eigenvalue weighted by molar-refractivity contribution is -0.120. The number of hydrogen-bond donors (Lipinski definition) is 2. The number of nitrogens with two attached hydrogens (primary N) is 1. The van der Waals surface area contributed by atoms with E-state index in [9.17, 15) is 4.79 Å². The highest BCUT2D eigenvalue weighted by atomic mass is 32.2. The molecule has 3 N–H and O–H groups in total. The highest BCUT2D eigenvalue weighted by Crippen LogP contribution is 2.16. The molecule has 26 heavy (non-hydrogen) atoms. The Morgan fingerprint density at radius 1 is 1.15 bits per heavy atom. The fourth-order valence-electron chi connectivity index (χ4n) is 2.40. The van der Waals surface area contributed by atoms with Gasteiger partial charge in [0.25, 0.3) is 0 Å². The van der Waals surface area contributed by atoms with Crippen LogP contribution in [0.1, 0.15) is 23.6 Å². The summed E-state index contributed by atoms with van der Waals surface area (Å²) in [4.78, 5) is 11.8. The third kappa shape index (κ3) is 5.13. The number of aryl methyl sites for hydroxylation is 2. The first-order valence-corrected chi connectivity index (χ1v) is 9.36. The number of hydrogen-bond acceptors (Lipinski definition) is 6. The molecule has 0 aliphatic heterocycles. The van der Waals surface area contributed by atoms with Crippen LogP contribution in [0.15, 0.2) is 58.3 Å². The van der Waals surface area contributed by atoms with Crippen LogP contribution in [0, 0.1) is 0 Å². The molecule has 1 aromatic carbocycles. The van der Waals surface area contributed by atoms with Crippen molar-refractivity contribution >= 4 is 17.7 Å². The topological polar surface area (TPSA) is 99.0 Å². The molecule has 8 heteroatoms. The summed E-state index contributed by atoms with van der Waals surface area (Å²) in [5.74, 6) is 8.07. The maximum atomic E-state index is 11.8. The van der Waals surface area contributed by atoms with Crippen LogP contribution in [-0.4, -0.2) is 26.5 Å². The van der Waals surface area contributed by atoms with E-state index in [-0.39, 0.29) is 5.91 Å². The Morgan fingerprint density at radius 3 is 2.77 bits per heavy atom. The number of nitrogens with one attached hydrogen (secondary N) is 1. The molecule has 1 amide bonds. The summed E-state index contributed by atoms with van der Waals surface area (Å²) in [6, 6.07) is 13.8. The van der Waals surface area contributed by atoms with Crippen LogP contribution in [-0.2, 0) is 24.2 Å². The lowest BCUT2D eigenvalue weighted by atomic mass is 10.1. The molecule has 3 rings (SSSR count). The van der Waals surface area contributed by atoms with Crippen LogP contribution in [0.2, 0.25) is 0 Å². The third-order valence-electron chi connectivity index (χ3n) is 3.82. The van der Waals surface area contributed by atoms with Crippen molar-refractivity contribution in [2.24, 2.45) is 0 Å².